The Bertz CT molecular complexity index is 220. The number of rotatable bonds is 7. The second-order valence-corrected chi connectivity index (χ2v) is 3.14. The number of nitrogens with one attached hydrogen (secondary N) is 1. The molecule has 1 atom stereocenters. The van der Waals surface area contributed by atoms with Crippen molar-refractivity contribution >= 4 is 0 Å². The van der Waals surface area contributed by atoms with E-state index in [1.165, 1.54) is 0 Å². The molecule has 3 N–H and O–H groups in total. The van der Waals surface area contributed by atoms with Crippen LogP contribution in [0.3, 0.4) is 0 Å². The molecule has 1 heterocycles. The summed E-state index contributed by atoms with van der Waals surface area (Å²) in [6.45, 7) is 2.21. The van der Waals surface area contributed by atoms with Gasteiger partial charge in [-0.2, -0.15) is 0 Å². The second kappa shape index (κ2) is 6.59. The van der Waals surface area contributed by atoms with Crippen LogP contribution in [0, 0.1) is 0 Å². The maximum Gasteiger partial charge on any atom is 0.117 e. The van der Waals surface area contributed by atoms with Gasteiger partial charge < -0.3 is 20.2 Å². The van der Waals surface area contributed by atoms with Gasteiger partial charge in [0.2, 0.25) is 0 Å². The Morgan fingerprint density at radius 3 is 3.07 bits per heavy atom. The molecule has 1 aromatic heterocycles. The van der Waals surface area contributed by atoms with Crippen LogP contribution < -0.4 is 11.1 Å². The molecule has 1 unspecified atom stereocenters. The van der Waals surface area contributed by atoms with E-state index in [9.17, 15) is 0 Å². The lowest BCUT2D eigenvalue weighted by molar-refractivity contribution is 0.102. The molecule has 14 heavy (non-hydrogen) atoms. The summed E-state index contributed by atoms with van der Waals surface area (Å²) in [6, 6.07) is 3.83. The van der Waals surface area contributed by atoms with Crippen LogP contribution in [0.2, 0.25) is 0 Å². The van der Waals surface area contributed by atoms with Gasteiger partial charge in [-0.25, -0.2) is 0 Å². The van der Waals surface area contributed by atoms with E-state index >= 15 is 0 Å². The van der Waals surface area contributed by atoms with E-state index < -0.39 is 0 Å². The van der Waals surface area contributed by atoms with Crippen LogP contribution in [0.4, 0.5) is 0 Å². The Morgan fingerprint density at radius 2 is 2.50 bits per heavy atom. The van der Waals surface area contributed by atoms with Crippen molar-refractivity contribution in [2.75, 3.05) is 20.2 Å². The Morgan fingerprint density at radius 1 is 1.64 bits per heavy atom. The number of hydrogen-bond acceptors (Lipinski definition) is 4. The highest BCUT2D eigenvalue weighted by molar-refractivity contribution is 4.97. The van der Waals surface area contributed by atoms with Crippen molar-refractivity contribution in [1.29, 1.82) is 0 Å². The largest absolute Gasteiger partial charge is 0.468 e. The summed E-state index contributed by atoms with van der Waals surface area (Å²) < 4.78 is 10.3. The number of nitrogens with two attached hydrogens (primary N) is 1. The van der Waals surface area contributed by atoms with Crippen LogP contribution in [-0.4, -0.2) is 26.3 Å². The Hall–Kier alpha value is -0.840. The minimum absolute atomic E-state index is 0.152. The summed E-state index contributed by atoms with van der Waals surface area (Å²) in [6.07, 6.45) is 2.75. The van der Waals surface area contributed by atoms with Crippen molar-refractivity contribution in [2.45, 2.75) is 19.1 Å². The molecule has 0 aromatic carbocycles. The predicted molar refractivity (Wildman–Crippen MR) is 54.9 cm³/mol. The van der Waals surface area contributed by atoms with Gasteiger partial charge in [0.15, 0.2) is 0 Å². The van der Waals surface area contributed by atoms with Gasteiger partial charge in [0, 0.05) is 13.7 Å². The van der Waals surface area contributed by atoms with Crippen LogP contribution in [0.5, 0.6) is 0 Å². The lowest BCUT2D eigenvalue weighted by Crippen LogP contribution is -2.27. The number of ether oxygens (including phenoxy) is 1. The molecule has 0 bridgehead atoms. The van der Waals surface area contributed by atoms with Gasteiger partial charge in [-0.1, -0.05) is 0 Å². The maximum atomic E-state index is 5.49. The fourth-order valence-electron chi connectivity index (χ4n) is 1.22. The first kappa shape index (κ1) is 11.2. The monoisotopic (exact) mass is 198 g/mol. The molecule has 0 aliphatic heterocycles. The van der Waals surface area contributed by atoms with E-state index in [2.05, 4.69) is 5.32 Å². The summed E-state index contributed by atoms with van der Waals surface area (Å²) in [5, 5.41) is 3.26. The van der Waals surface area contributed by atoms with Gasteiger partial charge in [-0.3, -0.25) is 0 Å². The third-order valence-electron chi connectivity index (χ3n) is 2.12. The van der Waals surface area contributed by atoms with Gasteiger partial charge in [-0.05, 0) is 25.1 Å². The molecule has 0 aliphatic rings. The van der Waals surface area contributed by atoms with Crippen molar-refractivity contribution in [3.05, 3.63) is 24.2 Å². The predicted octanol–water partition coefficient (Wildman–Crippen LogP) is 0.733. The smallest absolute Gasteiger partial charge is 0.117 e. The number of methoxy groups -OCH3 is 1. The highest BCUT2D eigenvalue weighted by atomic mass is 16.5. The summed E-state index contributed by atoms with van der Waals surface area (Å²) >= 11 is 0. The van der Waals surface area contributed by atoms with E-state index in [4.69, 9.17) is 14.9 Å². The Balaban J connectivity index is 2.04. The van der Waals surface area contributed by atoms with Crippen LogP contribution in [0.15, 0.2) is 22.8 Å². The highest BCUT2D eigenvalue weighted by Crippen LogP contribution is 1.99. The summed E-state index contributed by atoms with van der Waals surface area (Å²) in [4.78, 5) is 0. The minimum Gasteiger partial charge on any atom is -0.468 e. The molecule has 4 nitrogen and oxygen atoms in total. The van der Waals surface area contributed by atoms with Crippen molar-refractivity contribution in [1.82, 2.24) is 5.32 Å². The van der Waals surface area contributed by atoms with E-state index in [0.29, 0.717) is 6.54 Å². The Labute approximate surface area is 84.4 Å². The average molecular weight is 198 g/mol. The fraction of sp³-hybridized carbons (Fsp3) is 0.600. The van der Waals surface area contributed by atoms with E-state index in [-0.39, 0.29) is 6.10 Å². The molecule has 0 spiro atoms. The van der Waals surface area contributed by atoms with Crippen LogP contribution in [0.1, 0.15) is 12.2 Å². The SMILES string of the molecule is COC(CN)CCNCc1ccco1. The maximum absolute atomic E-state index is 5.49. The van der Waals surface area contributed by atoms with Crippen molar-refractivity contribution in [3.63, 3.8) is 0 Å². The number of hydrogen-bond donors (Lipinski definition) is 2. The van der Waals surface area contributed by atoms with Crippen LogP contribution in [-0.2, 0) is 11.3 Å². The third kappa shape index (κ3) is 3.91. The highest BCUT2D eigenvalue weighted by Gasteiger charge is 2.03. The van der Waals surface area contributed by atoms with E-state index in [1.54, 1.807) is 13.4 Å². The molecule has 4 heteroatoms. The third-order valence-corrected chi connectivity index (χ3v) is 2.12. The van der Waals surface area contributed by atoms with Crippen molar-refractivity contribution in [3.8, 4) is 0 Å². The lowest BCUT2D eigenvalue weighted by atomic mass is 10.2. The van der Waals surface area contributed by atoms with Gasteiger partial charge in [0.1, 0.15) is 5.76 Å². The minimum atomic E-state index is 0.152. The summed E-state index contributed by atoms with van der Waals surface area (Å²) in [5.74, 6) is 0.951. The van der Waals surface area contributed by atoms with Crippen molar-refractivity contribution in [2.24, 2.45) is 5.73 Å². The van der Waals surface area contributed by atoms with Gasteiger partial charge >= 0.3 is 0 Å². The lowest BCUT2D eigenvalue weighted by Gasteiger charge is -2.12. The first-order chi connectivity index (χ1) is 6.86. The zero-order valence-electron chi connectivity index (χ0n) is 8.53. The molecule has 0 fully saturated rings. The molecule has 0 amide bonds. The first-order valence-electron chi connectivity index (χ1n) is 4.82. The molecule has 1 aromatic rings. The normalized spacial score (nSPS) is 13.0. The molecule has 0 aliphatic carbocycles. The Kier molecular flexibility index (Phi) is 5.29. The zero-order chi connectivity index (χ0) is 10.2. The van der Waals surface area contributed by atoms with Crippen LogP contribution in [0.25, 0.3) is 0 Å². The zero-order valence-corrected chi connectivity index (χ0v) is 8.53. The van der Waals surface area contributed by atoms with Crippen molar-refractivity contribution < 1.29 is 9.15 Å². The fourth-order valence-corrected chi connectivity index (χ4v) is 1.22. The van der Waals surface area contributed by atoms with Gasteiger partial charge in [0.25, 0.3) is 0 Å². The molecule has 80 valence electrons. The van der Waals surface area contributed by atoms with Gasteiger partial charge in [0.05, 0.1) is 18.9 Å². The quantitative estimate of drug-likeness (QED) is 0.634. The molecule has 0 saturated heterocycles. The molecule has 0 saturated carbocycles. The molecule has 1 rings (SSSR count). The molecular formula is C10H18N2O2. The summed E-state index contributed by atoms with van der Waals surface area (Å²) in [7, 11) is 1.68. The summed E-state index contributed by atoms with van der Waals surface area (Å²) in [5.41, 5.74) is 5.49. The standard InChI is InChI=1S/C10H18N2O2/c1-13-9(7-11)4-5-12-8-10-3-2-6-14-10/h2-3,6,9,12H,4-5,7-8,11H2,1H3. The number of furan rings is 1. The average Bonchev–Trinajstić information content (AvgIpc) is 2.71. The van der Waals surface area contributed by atoms with E-state index in [1.807, 2.05) is 12.1 Å². The second-order valence-electron chi connectivity index (χ2n) is 3.14. The molecule has 0 radical (unpaired) electrons. The van der Waals surface area contributed by atoms with E-state index in [0.717, 1.165) is 25.3 Å². The van der Waals surface area contributed by atoms with Gasteiger partial charge in [-0.15, -0.1) is 0 Å². The van der Waals surface area contributed by atoms with Crippen LogP contribution >= 0.6 is 0 Å². The topological polar surface area (TPSA) is 60.4 Å². The molecular weight excluding hydrogens is 180 g/mol. The first-order valence-corrected chi connectivity index (χ1v) is 4.82.